The van der Waals surface area contributed by atoms with E-state index in [0.29, 0.717) is 12.6 Å². The highest BCUT2D eigenvalue weighted by molar-refractivity contribution is 5.92. The van der Waals surface area contributed by atoms with Crippen molar-refractivity contribution in [2.75, 3.05) is 11.9 Å². The normalized spacial score (nSPS) is 16.1. The minimum Gasteiger partial charge on any atom is -0.325 e. The Morgan fingerprint density at radius 3 is 2.58 bits per heavy atom. The smallest absolute Gasteiger partial charge is 0.238 e. The lowest BCUT2D eigenvalue weighted by molar-refractivity contribution is -0.115. The molecule has 0 aromatic heterocycles. The predicted octanol–water partition coefficient (Wildman–Crippen LogP) is 3.10. The third-order valence-electron chi connectivity index (χ3n) is 3.69. The van der Waals surface area contributed by atoms with Gasteiger partial charge in [-0.05, 0) is 37.8 Å². The minimum atomic E-state index is 0.0399. The monoisotopic (exact) mass is 260 g/mol. The van der Waals surface area contributed by atoms with Gasteiger partial charge in [-0.25, -0.2) is 0 Å². The zero-order chi connectivity index (χ0) is 13.7. The molecule has 0 radical (unpaired) electrons. The molecule has 1 aromatic carbocycles. The molecule has 0 heterocycles. The Balaban J connectivity index is 1.72. The number of aryl methyl sites for hydroxylation is 1. The highest BCUT2D eigenvalue weighted by atomic mass is 16.1. The Bertz CT molecular complexity index is 409. The molecule has 0 spiro atoms. The average Bonchev–Trinajstić information content (AvgIpc) is 3.21. The second-order valence-corrected chi connectivity index (χ2v) is 5.58. The summed E-state index contributed by atoms with van der Waals surface area (Å²) in [4.78, 5) is 11.8. The molecule has 1 aromatic rings. The molecule has 1 amide bonds. The molecule has 0 bridgehead atoms. The van der Waals surface area contributed by atoms with E-state index in [1.807, 2.05) is 31.2 Å². The van der Waals surface area contributed by atoms with Crippen LogP contribution in [0.25, 0.3) is 0 Å². The van der Waals surface area contributed by atoms with E-state index in [1.165, 1.54) is 24.8 Å². The molecule has 104 valence electrons. The number of benzene rings is 1. The van der Waals surface area contributed by atoms with Crippen molar-refractivity contribution in [3.8, 4) is 0 Å². The molecule has 1 aliphatic rings. The molecule has 1 aliphatic carbocycles. The van der Waals surface area contributed by atoms with Gasteiger partial charge in [0.25, 0.3) is 0 Å². The first-order valence-corrected chi connectivity index (χ1v) is 7.27. The third-order valence-corrected chi connectivity index (χ3v) is 3.69. The number of nitrogens with one attached hydrogen (secondary N) is 2. The predicted molar refractivity (Wildman–Crippen MR) is 79.2 cm³/mol. The van der Waals surface area contributed by atoms with E-state index in [1.54, 1.807) is 0 Å². The lowest BCUT2D eigenvalue weighted by atomic mass is 10.1. The highest BCUT2D eigenvalue weighted by Crippen LogP contribution is 2.33. The average molecular weight is 260 g/mol. The van der Waals surface area contributed by atoms with Gasteiger partial charge in [0.05, 0.1) is 6.54 Å². The van der Waals surface area contributed by atoms with Crippen LogP contribution in [0.1, 0.15) is 38.2 Å². The van der Waals surface area contributed by atoms with Gasteiger partial charge in [-0.15, -0.1) is 0 Å². The number of carbonyl (C=O) groups excluding carboxylic acids is 1. The molecular formula is C16H24N2O. The van der Waals surface area contributed by atoms with E-state index in [-0.39, 0.29) is 5.91 Å². The number of hydrogen-bond acceptors (Lipinski definition) is 2. The van der Waals surface area contributed by atoms with Crippen LogP contribution in [0, 0.1) is 12.8 Å². The van der Waals surface area contributed by atoms with Gasteiger partial charge < -0.3 is 10.6 Å². The Morgan fingerprint density at radius 1 is 1.32 bits per heavy atom. The molecule has 1 unspecified atom stereocenters. The quantitative estimate of drug-likeness (QED) is 0.791. The van der Waals surface area contributed by atoms with Gasteiger partial charge in [0, 0.05) is 11.7 Å². The molecule has 1 fully saturated rings. The fourth-order valence-electron chi connectivity index (χ4n) is 2.23. The summed E-state index contributed by atoms with van der Waals surface area (Å²) >= 11 is 0. The van der Waals surface area contributed by atoms with E-state index >= 15 is 0 Å². The maximum absolute atomic E-state index is 11.8. The van der Waals surface area contributed by atoms with Crippen LogP contribution in [-0.4, -0.2) is 18.5 Å². The van der Waals surface area contributed by atoms with Crippen molar-refractivity contribution in [2.24, 2.45) is 5.92 Å². The van der Waals surface area contributed by atoms with E-state index in [2.05, 4.69) is 17.6 Å². The molecular weight excluding hydrogens is 236 g/mol. The van der Waals surface area contributed by atoms with Gasteiger partial charge in [0.15, 0.2) is 0 Å². The van der Waals surface area contributed by atoms with Crippen molar-refractivity contribution in [3.05, 3.63) is 29.8 Å². The molecule has 19 heavy (non-hydrogen) atoms. The largest absolute Gasteiger partial charge is 0.325 e. The second kappa shape index (κ2) is 6.71. The third kappa shape index (κ3) is 5.03. The number of hydrogen-bond donors (Lipinski definition) is 2. The van der Waals surface area contributed by atoms with E-state index < -0.39 is 0 Å². The Kier molecular flexibility index (Phi) is 4.97. The molecule has 3 heteroatoms. The fourth-order valence-corrected chi connectivity index (χ4v) is 2.23. The Morgan fingerprint density at radius 2 is 2.00 bits per heavy atom. The lowest BCUT2D eigenvalue weighted by Gasteiger charge is -2.16. The van der Waals surface area contributed by atoms with E-state index in [4.69, 9.17) is 0 Å². The van der Waals surface area contributed by atoms with Gasteiger partial charge in [-0.2, -0.15) is 0 Å². The number of anilines is 1. The maximum atomic E-state index is 11.8. The molecule has 1 saturated carbocycles. The van der Waals surface area contributed by atoms with Crippen LogP contribution >= 0.6 is 0 Å². The Hall–Kier alpha value is -1.35. The van der Waals surface area contributed by atoms with Crippen molar-refractivity contribution in [1.82, 2.24) is 5.32 Å². The van der Waals surface area contributed by atoms with Crippen molar-refractivity contribution in [3.63, 3.8) is 0 Å². The molecule has 0 aliphatic heterocycles. The topological polar surface area (TPSA) is 41.1 Å². The molecule has 3 nitrogen and oxygen atoms in total. The van der Waals surface area contributed by atoms with Gasteiger partial charge in [-0.1, -0.05) is 37.5 Å². The summed E-state index contributed by atoms with van der Waals surface area (Å²) in [5.41, 5.74) is 2.07. The summed E-state index contributed by atoms with van der Waals surface area (Å²) in [6.07, 6.45) is 5.05. The second-order valence-electron chi connectivity index (χ2n) is 5.58. The molecule has 2 N–H and O–H groups in total. The standard InChI is InChI=1S/C16H24N2O/c1-3-14(10-13-6-7-13)17-11-16(19)18-15-8-4-12(2)5-9-15/h4-5,8-9,13-14,17H,3,6-7,10-11H2,1-2H3,(H,18,19). The van der Waals surface area contributed by atoms with E-state index in [0.717, 1.165) is 18.0 Å². The number of rotatable bonds is 7. The van der Waals surface area contributed by atoms with Crippen molar-refractivity contribution < 1.29 is 4.79 Å². The van der Waals surface area contributed by atoms with Crippen LogP contribution < -0.4 is 10.6 Å². The zero-order valence-electron chi connectivity index (χ0n) is 11.9. The van der Waals surface area contributed by atoms with Crippen LogP contribution in [0.15, 0.2) is 24.3 Å². The van der Waals surface area contributed by atoms with Gasteiger partial charge in [0.1, 0.15) is 0 Å². The van der Waals surface area contributed by atoms with Crippen molar-refractivity contribution in [1.29, 1.82) is 0 Å². The summed E-state index contributed by atoms with van der Waals surface area (Å²) in [6.45, 7) is 4.62. The Labute approximate surface area is 115 Å². The number of amides is 1. The minimum absolute atomic E-state index is 0.0399. The van der Waals surface area contributed by atoms with Crippen LogP contribution in [0.4, 0.5) is 5.69 Å². The van der Waals surface area contributed by atoms with Crippen LogP contribution in [0.2, 0.25) is 0 Å². The van der Waals surface area contributed by atoms with Crippen molar-refractivity contribution >= 4 is 11.6 Å². The molecule has 0 saturated heterocycles. The summed E-state index contributed by atoms with van der Waals surface area (Å²) in [7, 11) is 0. The molecule has 2 rings (SSSR count). The van der Waals surface area contributed by atoms with Gasteiger partial charge in [-0.3, -0.25) is 4.79 Å². The first kappa shape index (κ1) is 14.1. The number of carbonyl (C=O) groups is 1. The summed E-state index contributed by atoms with van der Waals surface area (Å²) < 4.78 is 0. The lowest BCUT2D eigenvalue weighted by Crippen LogP contribution is -2.36. The maximum Gasteiger partial charge on any atom is 0.238 e. The van der Waals surface area contributed by atoms with E-state index in [9.17, 15) is 4.79 Å². The summed E-state index contributed by atoms with van der Waals surface area (Å²) in [5, 5.41) is 6.28. The van der Waals surface area contributed by atoms with Crippen LogP contribution in [0.3, 0.4) is 0 Å². The van der Waals surface area contributed by atoms with Crippen LogP contribution in [-0.2, 0) is 4.79 Å². The summed E-state index contributed by atoms with van der Waals surface area (Å²) in [5.74, 6) is 0.940. The van der Waals surface area contributed by atoms with Crippen molar-refractivity contribution in [2.45, 2.75) is 45.6 Å². The first-order valence-electron chi connectivity index (χ1n) is 7.27. The van der Waals surface area contributed by atoms with Gasteiger partial charge >= 0.3 is 0 Å². The fraction of sp³-hybridized carbons (Fsp3) is 0.562. The molecule has 1 atom stereocenters. The zero-order valence-corrected chi connectivity index (χ0v) is 11.9. The first-order chi connectivity index (χ1) is 9.17. The summed E-state index contributed by atoms with van der Waals surface area (Å²) in [6, 6.07) is 8.37. The highest BCUT2D eigenvalue weighted by Gasteiger charge is 2.24. The van der Waals surface area contributed by atoms with Gasteiger partial charge in [0.2, 0.25) is 5.91 Å². The van der Waals surface area contributed by atoms with Crippen LogP contribution in [0.5, 0.6) is 0 Å². The SMILES string of the molecule is CCC(CC1CC1)NCC(=O)Nc1ccc(C)cc1.